The topological polar surface area (TPSA) is 177 Å². The van der Waals surface area contributed by atoms with E-state index in [0.29, 0.717) is 58.9 Å². The van der Waals surface area contributed by atoms with Crippen LogP contribution in [-0.2, 0) is 26.3 Å². The van der Waals surface area contributed by atoms with E-state index in [1.807, 2.05) is 29.0 Å². The van der Waals surface area contributed by atoms with Gasteiger partial charge in [0.2, 0.25) is 17.6 Å². The predicted octanol–water partition coefficient (Wildman–Crippen LogP) is 6.74. The van der Waals surface area contributed by atoms with Crippen LogP contribution in [0.25, 0.3) is 22.2 Å². The highest BCUT2D eigenvalue weighted by Gasteiger charge is 2.41. The number of rotatable bonds is 14. The maximum Gasteiger partial charge on any atom is 0.301 e. The highest BCUT2D eigenvalue weighted by atomic mass is 32.2. The third-order valence-electron chi connectivity index (χ3n) is 14.4. The van der Waals surface area contributed by atoms with Gasteiger partial charge in [-0.15, -0.1) is 0 Å². The van der Waals surface area contributed by atoms with Crippen molar-refractivity contribution in [2.45, 2.75) is 95.7 Å². The molecular formula is C50H53F3N8O7S. The van der Waals surface area contributed by atoms with Gasteiger partial charge >= 0.3 is 10.2 Å². The molecule has 15 nitrogen and oxygen atoms in total. The zero-order chi connectivity index (χ0) is 48.3. The average Bonchev–Trinajstić information content (AvgIpc) is 4.04. The molecule has 2 atom stereocenters. The van der Waals surface area contributed by atoms with Crippen LogP contribution in [0.5, 0.6) is 5.75 Å². The molecule has 19 heteroatoms. The van der Waals surface area contributed by atoms with Crippen LogP contribution in [0.3, 0.4) is 0 Å². The van der Waals surface area contributed by atoms with E-state index in [2.05, 4.69) is 51.1 Å². The number of ketones is 1. The van der Waals surface area contributed by atoms with Crippen molar-refractivity contribution in [1.29, 1.82) is 0 Å². The van der Waals surface area contributed by atoms with E-state index in [1.165, 1.54) is 6.20 Å². The Morgan fingerprint density at radius 2 is 1.72 bits per heavy atom. The van der Waals surface area contributed by atoms with E-state index in [1.54, 1.807) is 23.2 Å². The molecule has 6 heterocycles. The van der Waals surface area contributed by atoms with Gasteiger partial charge in [-0.2, -0.15) is 12.7 Å². The van der Waals surface area contributed by atoms with Gasteiger partial charge in [0.1, 0.15) is 35.5 Å². The number of fused-ring (bicyclic) bond motifs is 2. The van der Waals surface area contributed by atoms with Crippen molar-refractivity contribution in [1.82, 2.24) is 29.4 Å². The fourth-order valence-corrected chi connectivity index (χ4v) is 11.7. The number of hydrogen-bond acceptors (Lipinski definition) is 10. The Labute approximate surface area is 397 Å². The van der Waals surface area contributed by atoms with Gasteiger partial charge in [-0.05, 0) is 105 Å². The van der Waals surface area contributed by atoms with Crippen molar-refractivity contribution in [2.75, 3.05) is 42.3 Å². The first-order valence-corrected chi connectivity index (χ1v) is 25.0. The number of piperidine rings is 2. The number of benzene rings is 3. The van der Waals surface area contributed by atoms with E-state index in [9.17, 15) is 32.0 Å². The number of hydrogen-bond donors (Lipinski definition) is 3. The molecule has 3 amide bonds. The Morgan fingerprint density at radius 3 is 2.43 bits per heavy atom. The molecule has 4 fully saturated rings. The lowest BCUT2D eigenvalue weighted by Crippen LogP contribution is -2.53. The predicted molar refractivity (Wildman–Crippen MR) is 252 cm³/mol. The monoisotopic (exact) mass is 966 g/mol. The molecule has 69 heavy (non-hydrogen) atoms. The van der Waals surface area contributed by atoms with E-state index < -0.39 is 57.0 Å². The summed E-state index contributed by atoms with van der Waals surface area (Å²) in [6, 6.07) is 17.1. The molecule has 4 aliphatic heterocycles. The number of carbonyl (C=O) groups excluding carboxylic acids is 4. The number of nitrogens with zero attached hydrogens (tertiary/aromatic N) is 5. The van der Waals surface area contributed by atoms with Crippen LogP contribution in [-0.4, -0.2) is 119 Å². The quantitative estimate of drug-likeness (QED) is 0.0799. The molecular weight excluding hydrogens is 914 g/mol. The van der Waals surface area contributed by atoms with Crippen molar-refractivity contribution >= 4 is 56.1 Å². The minimum Gasteiger partial charge on any atom is -0.490 e. The summed E-state index contributed by atoms with van der Waals surface area (Å²) in [4.78, 5) is 64.9. The minimum absolute atomic E-state index is 0.00199. The Hall–Kier alpha value is -6.31. The molecule has 362 valence electrons. The van der Waals surface area contributed by atoms with E-state index in [4.69, 9.17) is 4.74 Å². The van der Waals surface area contributed by atoms with Crippen molar-refractivity contribution in [3.63, 3.8) is 0 Å². The van der Waals surface area contributed by atoms with Gasteiger partial charge in [-0.3, -0.25) is 34.1 Å². The molecule has 0 spiro atoms. The SMILES string of the molecule is CC(C)N(CC1CCN(c2ccc(-c3cnc4[nH]cc(C(=O)c5c(F)ccc(NS(=O)(=O)N6CC[C@@H](F)C6)c5F)c4c3)cc2)CC1)[C@H]1C[C@H](Oc2ccc3c(c2)CN(C2CCC(=O)NC2=O)C3=O)C1. The van der Waals surface area contributed by atoms with E-state index in [0.717, 1.165) is 78.6 Å². The maximum atomic E-state index is 15.8. The van der Waals surface area contributed by atoms with Crippen LogP contribution < -0.4 is 19.7 Å². The van der Waals surface area contributed by atoms with Crippen molar-refractivity contribution in [3.05, 3.63) is 107 Å². The number of aromatic nitrogens is 2. The number of ether oxygens (including phenoxy) is 1. The summed E-state index contributed by atoms with van der Waals surface area (Å²) in [6.45, 7) is 7.12. The van der Waals surface area contributed by atoms with E-state index in [-0.39, 0.29) is 49.4 Å². The second-order valence-corrected chi connectivity index (χ2v) is 20.8. The summed E-state index contributed by atoms with van der Waals surface area (Å²) in [6.07, 6.45) is 6.12. The Balaban J connectivity index is 0.730. The summed E-state index contributed by atoms with van der Waals surface area (Å²) in [5.74, 6) is -3.24. The number of aromatic amines is 1. The molecule has 5 aliphatic rings. The summed E-state index contributed by atoms with van der Waals surface area (Å²) in [7, 11) is -4.36. The van der Waals surface area contributed by atoms with Crippen LogP contribution >= 0.6 is 0 Å². The van der Waals surface area contributed by atoms with Gasteiger partial charge in [0.15, 0.2) is 5.82 Å². The van der Waals surface area contributed by atoms with Crippen LogP contribution in [0.15, 0.2) is 73.1 Å². The van der Waals surface area contributed by atoms with Crippen LogP contribution in [0.4, 0.5) is 24.5 Å². The number of anilines is 2. The summed E-state index contributed by atoms with van der Waals surface area (Å²) in [5.41, 5.74) is 2.70. The third kappa shape index (κ3) is 9.19. The molecule has 3 saturated heterocycles. The van der Waals surface area contributed by atoms with Gasteiger partial charge in [-0.1, -0.05) is 12.1 Å². The molecule has 3 N–H and O–H groups in total. The van der Waals surface area contributed by atoms with Crippen LogP contribution in [0, 0.1) is 17.6 Å². The first-order chi connectivity index (χ1) is 33.1. The fraction of sp³-hybridized carbons (Fsp3) is 0.420. The van der Waals surface area contributed by atoms with E-state index >= 15 is 8.78 Å². The maximum absolute atomic E-state index is 15.8. The normalized spacial score (nSPS) is 22.4. The number of alkyl halides is 1. The van der Waals surface area contributed by atoms with Gasteiger partial charge in [-0.25, -0.2) is 18.2 Å². The number of nitrogens with one attached hydrogen (secondary N) is 3. The minimum atomic E-state index is -4.36. The van der Waals surface area contributed by atoms with Gasteiger partial charge in [0.05, 0.1) is 11.3 Å². The van der Waals surface area contributed by atoms with Crippen molar-refractivity contribution < 1.29 is 45.5 Å². The first-order valence-electron chi connectivity index (χ1n) is 23.6. The largest absolute Gasteiger partial charge is 0.490 e. The number of carbonyl (C=O) groups is 4. The van der Waals surface area contributed by atoms with Crippen LogP contribution in [0.1, 0.15) is 90.6 Å². The summed E-state index contributed by atoms with van der Waals surface area (Å²) < 4.78 is 79.7. The number of imide groups is 1. The lowest BCUT2D eigenvalue weighted by atomic mass is 9.85. The highest BCUT2D eigenvalue weighted by Crippen LogP contribution is 2.37. The second-order valence-electron chi connectivity index (χ2n) is 19.1. The Morgan fingerprint density at radius 1 is 0.957 bits per heavy atom. The molecule has 0 radical (unpaired) electrons. The molecule has 5 aromatic rings. The molecule has 10 rings (SSSR count). The Kier molecular flexibility index (Phi) is 12.5. The smallest absolute Gasteiger partial charge is 0.301 e. The molecule has 1 aliphatic carbocycles. The third-order valence-corrected chi connectivity index (χ3v) is 15.9. The zero-order valence-electron chi connectivity index (χ0n) is 38.2. The Bertz CT molecular complexity index is 2960. The van der Waals surface area contributed by atoms with Crippen molar-refractivity contribution in [3.8, 4) is 16.9 Å². The van der Waals surface area contributed by atoms with Gasteiger partial charge < -0.3 is 19.5 Å². The van der Waals surface area contributed by atoms with Gasteiger partial charge in [0, 0.05) is 111 Å². The fourth-order valence-electron chi connectivity index (χ4n) is 10.5. The van der Waals surface area contributed by atoms with Gasteiger partial charge in [0.25, 0.3) is 5.91 Å². The molecule has 0 bridgehead atoms. The standard InChI is InChI=1S/C50H53F3N8O7S/c1-28(2)60(35-21-37(22-35)68-36-7-8-38-32(19-36)26-61(50(38)65)43-11-12-44(62)56-49(43)64)25-29-13-16-58(17-14-29)34-5-3-30(4-6-34)31-20-39-40(24-55-48(39)54-23-31)47(63)45-41(52)9-10-42(46(45)53)57-69(66,67)59-18-15-33(51)27-59/h3-10,19-20,23-24,28-29,33,35,37,43,57H,11-18,21-22,25-27H2,1-2H3,(H,54,55)(H,56,62,64)/t33-,35-,37-,43?/m1/s1. The number of H-pyrrole nitrogens is 1. The molecule has 2 aromatic heterocycles. The first kappa shape index (κ1) is 46.4. The lowest BCUT2D eigenvalue weighted by molar-refractivity contribution is -0.136. The summed E-state index contributed by atoms with van der Waals surface area (Å²) >= 11 is 0. The highest BCUT2D eigenvalue weighted by molar-refractivity contribution is 7.90. The number of halogens is 3. The zero-order valence-corrected chi connectivity index (χ0v) is 39.0. The summed E-state index contributed by atoms with van der Waals surface area (Å²) in [5, 5.41) is 2.68. The number of pyridine rings is 1. The molecule has 1 saturated carbocycles. The molecule has 3 aromatic carbocycles. The van der Waals surface area contributed by atoms with Crippen LogP contribution in [0.2, 0.25) is 0 Å². The number of amides is 3. The molecule has 1 unspecified atom stereocenters. The lowest BCUT2D eigenvalue weighted by Gasteiger charge is -2.46. The second kappa shape index (κ2) is 18.5. The van der Waals surface area contributed by atoms with Crippen molar-refractivity contribution in [2.24, 2.45) is 5.92 Å². The average molecular weight is 967 g/mol.